The standard InChI is InChI=1S/C12H10O.C8H13Si.CH2.2ClH.Ti/c13-12-8-4-7-11(9-12)10-5-2-1-3-6-10;1-9(2,3)8-6-4-5-7-8;;;;/h1-9,13H;4,6H,5H2,1-3H3;1H2;2*1H;/q;-1;;;;+2/p-2. The van der Waals surface area contributed by atoms with Gasteiger partial charge in [0.15, 0.2) is 0 Å². The summed E-state index contributed by atoms with van der Waals surface area (Å²) in [5.74, 6) is 0.307. The molecule has 0 spiro atoms. The van der Waals surface area contributed by atoms with Crippen molar-refractivity contribution in [3.05, 3.63) is 78.0 Å². The summed E-state index contributed by atoms with van der Waals surface area (Å²) in [6.07, 6.45) is 8.82. The van der Waals surface area contributed by atoms with Crippen molar-refractivity contribution >= 4 is 12.9 Å². The Kier molecular flexibility index (Phi) is 14.9. The third-order valence-corrected chi connectivity index (χ3v) is 5.42. The van der Waals surface area contributed by atoms with Crippen LogP contribution < -0.4 is 24.8 Å². The van der Waals surface area contributed by atoms with Crippen molar-refractivity contribution in [2.45, 2.75) is 26.1 Å². The van der Waals surface area contributed by atoms with Gasteiger partial charge in [0, 0.05) is 8.07 Å². The zero-order valence-corrected chi connectivity index (χ0v) is 19.5. The monoisotopic (exact) mass is 439 g/mol. The molecule has 0 unspecified atom stereocenters. The van der Waals surface area contributed by atoms with E-state index in [0.717, 1.165) is 17.5 Å². The first-order chi connectivity index (χ1) is 11.5. The SMILES string of the molecule is C[Si](C)(C)C1=[C-]CC=C1.Oc1cccc(-c2ccccc2)c1.[CH2]=[Ti+2].[Cl-].[Cl-]. The maximum Gasteiger partial charge on any atom is -1.00 e. The molecule has 0 heterocycles. The second-order valence-electron chi connectivity index (χ2n) is 6.36. The Balaban J connectivity index is 0. The maximum absolute atomic E-state index is 9.27. The number of allylic oxidation sites excluding steroid dienone is 4. The van der Waals surface area contributed by atoms with Crippen LogP contribution in [0.1, 0.15) is 6.42 Å². The number of phenolic OH excluding ortho intramolecular Hbond substituents is 1. The van der Waals surface area contributed by atoms with Gasteiger partial charge in [0.1, 0.15) is 5.75 Å². The summed E-state index contributed by atoms with van der Waals surface area (Å²) in [6, 6.07) is 17.3. The molecular formula is C21H25Cl2OSiTi-. The third kappa shape index (κ3) is 9.70. The maximum atomic E-state index is 9.27. The molecule has 3 rings (SSSR count). The van der Waals surface area contributed by atoms with Crippen molar-refractivity contribution in [3.8, 4) is 16.9 Å². The van der Waals surface area contributed by atoms with Crippen LogP contribution >= 0.6 is 0 Å². The van der Waals surface area contributed by atoms with E-state index in [1.165, 1.54) is 5.20 Å². The molecule has 5 heteroatoms. The third-order valence-electron chi connectivity index (χ3n) is 3.46. The first-order valence-corrected chi connectivity index (χ1v) is 12.5. The summed E-state index contributed by atoms with van der Waals surface area (Å²) in [6.45, 7) is 7.06. The molecule has 138 valence electrons. The van der Waals surface area contributed by atoms with Crippen LogP contribution in [0.25, 0.3) is 11.1 Å². The van der Waals surface area contributed by atoms with Crippen LogP contribution in [-0.2, 0) is 20.0 Å². The van der Waals surface area contributed by atoms with Crippen LogP contribution in [0.3, 0.4) is 0 Å². The molecule has 0 bridgehead atoms. The first kappa shape index (κ1) is 27.3. The first-order valence-electron chi connectivity index (χ1n) is 7.94. The quantitative estimate of drug-likeness (QED) is 0.498. The van der Waals surface area contributed by atoms with Crippen molar-refractivity contribution in [1.29, 1.82) is 0 Å². The molecule has 0 fully saturated rings. The molecule has 0 atom stereocenters. The van der Waals surface area contributed by atoms with Crippen LogP contribution in [0.4, 0.5) is 0 Å². The fourth-order valence-corrected chi connectivity index (χ4v) is 3.49. The fraction of sp³-hybridized carbons (Fsp3) is 0.190. The molecule has 1 N–H and O–H groups in total. The molecule has 0 saturated carbocycles. The number of rotatable bonds is 2. The average molecular weight is 440 g/mol. The van der Waals surface area contributed by atoms with Gasteiger partial charge in [0.2, 0.25) is 0 Å². The summed E-state index contributed by atoms with van der Waals surface area (Å²) in [5.41, 5.74) is 2.17. The predicted molar refractivity (Wildman–Crippen MR) is 105 cm³/mol. The van der Waals surface area contributed by atoms with Gasteiger partial charge in [-0.25, -0.2) is 11.3 Å². The van der Waals surface area contributed by atoms with Crippen molar-refractivity contribution in [2.75, 3.05) is 0 Å². The molecule has 1 aliphatic rings. The summed E-state index contributed by atoms with van der Waals surface area (Å²) in [7, 11) is -1.01. The zero-order chi connectivity index (χ0) is 18.0. The summed E-state index contributed by atoms with van der Waals surface area (Å²) in [4.78, 5) is 3.25. The van der Waals surface area contributed by atoms with E-state index < -0.39 is 8.07 Å². The Morgan fingerprint density at radius 3 is 1.92 bits per heavy atom. The molecule has 0 amide bonds. The molecule has 0 radical (unpaired) electrons. The molecule has 1 nitrogen and oxygen atoms in total. The topological polar surface area (TPSA) is 20.2 Å². The van der Waals surface area contributed by atoms with E-state index in [2.05, 4.69) is 42.7 Å². The minimum atomic E-state index is -1.01. The largest absolute Gasteiger partial charge is 1.00 e. The van der Waals surface area contributed by atoms with E-state index in [-0.39, 0.29) is 24.8 Å². The van der Waals surface area contributed by atoms with Gasteiger partial charge in [0.25, 0.3) is 0 Å². The molecule has 0 aliphatic heterocycles. The number of phenols is 1. The number of hydrogen-bond donors (Lipinski definition) is 1. The van der Waals surface area contributed by atoms with Crippen molar-refractivity contribution < 1.29 is 49.9 Å². The van der Waals surface area contributed by atoms with E-state index in [0.29, 0.717) is 5.75 Å². The molecule has 1 aliphatic carbocycles. The molecule has 26 heavy (non-hydrogen) atoms. The minimum absolute atomic E-state index is 0. The minimum Gasteiger partial charge on any atom is -1.00 e. The molecule has 2 aromatic carbocycles. The van der Waals surface area contributed by atoms with Crippen LogP contribution in [0, 0.1) is 6.08 Å². The van der Waals surface area contributed by atoms with Crippen molar-refractivity contribution in [3.63, 3.8) is 0 Å². The van der Waals surface area contributed by atoms with Gasteiger partial charge >= 0.3 is 24.8 Å². The number of benzene rings is 2. The Morgan fingerprint density at radius 1 is 0.923 bits per heavy atom. The Hall–Kier alpha value is -0.899. The Bertz CT molecular complexity index is 695. The smallest absolute Gasteiger partial charge is 1.00 e. The molecule has 0 aromatic heterocycles. The van der Waals surface area contributed by atoms with Gasteiger partial charge in [-0.2, -0.15) is 6.08 Å². The Morgan fingerprint density at radius 2 is 1.50 bits per heavy atom. The van der Waals surface area contributed by atoms with Gasteiger partial charge in [-0.1, -0.05) is 62.1 Å². The molecule has 0 saturated heterocycles. The van der Waals surface area contributed by atoms with Crippen LogP contribution in [-0.4, -0.2) is 18.0 Å². The van der Waals surface area contributed by atoms with E-state index in [4.69, 9.17) is 0 Å². The van der Waals surface area contributed by atoms with Gasteiger partial charge < -0.3 is 29.9 Å². The van der Waals surface area contributed by atoms with Gasteiger partial charge in [-0.3, -0.25) is 6.08 Å². The van der Waals surface area contributed by atoms with Gasteiger partial charge in [0.05, 0.1) is 0 Å². The van der Waals surface area contributed by atoms with Gasteiger partial charge in [-0.15, -0.1) is 6.42 Å². The van der Waals surface area contributed by atoms with Crippen LogP contribution in [0.5, 0.6) is 5.75 Å². The summed E-state index contributed by atoms with van der Waals surface area (Å²) >= 11 is 1.75. The number of aromatic hydroxyl groups is 1. The van der Waals surface area contributed by atoms with Crippen LogP contribution in [0.2, 0.25) is 19.6 Å². The van der Waals surface area contributed by atoms with Crippen molar-refractivity contribution in [2.24, 2.45) is 0 Å². The van der Waals surface area contributed by atoms with E-state index in [9.17, 15) is 5.11 Å². The van der Waals surface area contributed by atoms with Gasteiger partial charge in [-0.05, 0) is 23.3 Å². The summed E-state index contributed by atoms with van der Waals surface area (Å²) < 4.78 is 0. The van der Waals surface area contributed by atoms with Crippen LogP contribution in [0.15, 0.2) is 71.9 Å². The summed E-state index contributed by atoms with van der Waals surface area (Å²) in [5, 5.41) is 10.8. The Labute approximate surface area is 183 Å². The second-order valence-corrected chi connectivity index (χ2v) is 11.4. The molecular weight excluding hydrogens is 415 g/mol. The average Bonchev–Trinajstić information content (AvgIpc) is 3.13. The fourth-order valence-electron chi connectivity index (χ4n) is 2.24. The normalized spacial score (nSPS) is 11.5. The second kappa shape index (κ2) is 14.2. The number of halogens is 2. The molecule has 2 aromatic rings. The van der Waals surface area contributed by atoms with Crippen molar-refractivity contribution in [1.82, 2.24) is 0 Å². The van der Waals surface area contributed by atoms with E-state index in [1.54, 1.807) is 32.1 Å². The van der Waals surface area contributed by atoms with E-state index >= 15 is 0 Å². The predicted octanol–water partition coefficient (Wildman–Crippen LogP) is -0.414. The zero-order valence-electron chi connectivity index (χ0n) is 15.5. The van der Waals surface area contributed by atoms with E-state index in [1.807, 2.05) is 42.5 Å². The number of hydrogen-bond acceptors (Lipinski definition) is 1.